The van der Waals surface area contributed by atoms with Crippen LogP contribution < -0.4 is 0 Å². The van der Waals surface area contributed by atoms with Crippen molar-refractivity contribution in [3.8, 4) is 0 Å². The summed E-state index contributed by atoms with van der Waals surface area (Å²) in [4.78, 5) is 37.3. The van der Waals surface area contributed by atoms with Crippen molar-refractivity contribution in [2.75, 3.05) is 19.5 Å². The summed E-state index contributed by atoms with van der Waals surface area (Å²) >= 11 is 17.9. The molecule has 2 atom stereocenters. The number of allylic oxidation sites excluding steroid dienone is 1. The summed E-state index contributed by atoms with van der Waals surface area (Å²) in [7, 11) is 1.66. The predicted octanol–water partition coefficient (Wildman–Crippen LogP) is 3.17. The number of guanidine groups is 1. The van der Waals surface area contributed by atoms with Crippen LogP contribution in [0.5, 0.6) is 0 Å². The number of hydrogen-bond donors (Lipinski definition) is 0. The number of halogens is 3. The van der Waals surface area contributed by atoms with Gasteiger partial charge in [0.2, 0.25) is 5.96 Å². The normalized spacial score (nSPS) is 23.9. The molecule has 28 heavy (non-hydrogen) atoms. The molecule has 1 aromatic rings. The van der Waals surface area contributed by atoms with Crippen molar-refractivity contribution in [1.82, 2.24) is 19.6 Å². The van der Waals surface area contributed by atoms with Gasteiger partial charge in [0.05, 0.1) is 16.6 Å². The average Bonchev–Trinajstić information content (AvgIpc) is 3.16. The lowest BCUT2D eigenvalue weighted by Gasteiger charge is -2.40. The molecule has 0 N–H and O–H groups in total. The fourth-order valence-corrected chi connectivity index (χ4v) is 4.22. The molecule has 0 aliphatic carbocycles. The van der Waals surface area contributed by atoms with Crippen molar-refractivity contribution in [2.45, 2.75) is 25.7 Å². The second-order valence-electron chi connectivity index (χ2n) is 6.87. The van der Waals surface area contributed by atoms with Gasteiger partial charge in [-0.1, -0.05) is 29.3 Å². The molecule has 0 spiro atoms. The van der Waals surface area contributed by atoms with Crippen molar-refractivity contribution in [2.24, 2.45) is 4.99 Å². The highest BCUT2D eigenvalue weighted by Gasteiger charge is 2.54. The Bertz CT molecular complexity index is 918. The van der Waals surface area contributed by atoms with E-state index in [4.69, 9.17) is 34.8 Å². The Balaban J connectivity index is 1.63. The number of carbonyl (C=O) groups is 2. The van der Waals surface area contributed by atoms with Crippen molar-refractivity contribution >= 4 is 52.7 Å². The van der Waals surface area contributed by atoms with Crippen LogP contribution in [0, 0.1) is 0 Å². The van der Waals surface area contributed by atoms with Crippen LogP contribution >= 0.6 is 34.8 Å². The van der Waals surface area contributed by atoms with Gasteiger partial charge in [0.15, 0.2) is 12.2 Å². The Morgan fingerprint density at radius 2 is 1.89 bits per heavy atom. The van der Waals surface area contributed by atoms with Gasteiger partial charge < -0.3 is 14.7 Å². The first-order valence-corrected chi connectivity index (χ1v) is 10.0. The zero-order valence-corrected chi connectivity index (χ0v) is 17.5. The zero-order chi connectivity index (χ0) is 20.2. The van der Waals surface area contributed by atoms with Gasteiger partial charge in [-0.3, -0.25) is 9.69 Å². The number of amides is 3. The summed E-state index contributed by atoms with van der Waals surface area (Å²) in [6.07, 6.45) is 1.32. The second kappa shape index (κ2) is 7.13. The van der Waals surface area contributed by atoms with Gasteiger partial charge in [-0.15, -0.1) is 11.6 Å². The van der Waals surface area contributed by atoms with Crippen molar-refractivity contribution in [1.29, 1.82) is 0 Å². The fraction of sp³-hybridized carbons (Fsp3) is 0.389. The molecular formula is C18H18Cl3N5O2. The number of urea groups is 1. The first-order chi connectivity index (χ1) is 13.3. The minimum absolute atomic E-state index is 0.110. The summed E-state index contributed by atoms with van der Waals surface area (Å²) in [6.45, 7) is 2.63. The van der Waals surface area contributed by atoms with Crippen LogP contribution in [0.1, 0.15) is 12.5 Å². The van der Waals surface area contributed by atoms with Crippen LogP contribution in [0.3, 0.4) is 0 Å². The molecule has 4 rings (SSSR count). The van der Waals surface area contributed by atoms with Gasteiger partial charge in [0.25, 0.3) is 5.91 Å². The van der Waals surface area contributed by atoms with Gasteiger partial charge in [0, 0.05) is 31.4 Å². The van der Waals surface area contributed by atoms with E-state index in [1.54, 1.807) is 25.2 Å². The van der Waals surface area contributed by atoms with Gasteiger partial charge in [-0.2, -0.15) is 0 Å². The maximum Gasteiger partial charge on any atom is 0.328 e. The number of rotatable bonds is 4. The van der Waals surface area contributed by atoms with Crippen molar-refractivity contribution < 1.29 is 9.59 Å². The van der Waals surface area contributed by atoms with E-state index < -0.39 is 18.2 Å². The van der Waals surface area contributed by atoms with Crippen LogP contribution in [-0.4, -0.2) is 69.2 Å². The maximum absolute atomic E-state index is 13.3. The van der Waals surface area contributed by atoms with Crippen LogP contribution in [0.25, 0.3) is 0 Å². The van der Waals surface area contributed by atoms with Crippen LogP contribution in [0.2, 0.25) is 10.0 Å². The smallest absolute Gasteiger partial charge is 0.314 e. The van der Waals surface area contributed by atoms with E-state index in [9.17, 15) is 9.59 Å². The van der Waals surface area contributed by atoms with E-state index in [0.29, 0.717) is 28.4 Å². The molecule has 3 amide bonds. The number of nitrogens with zero attached hydrogens (tertiary/aromatic N) is 5. The average molecular weight is 443 g/mol. The fourth-order valence-electron chi connectivity index (χ4n) is 3.73. The molecule has 7 nitrogen and oxygen atoms in total. The highest BCUT2D eigenvalue weighted by molar-refractivity contribution is 6.42. The first kappa shape index (κ1) is 19.4. The Hall–Kier alpha value is -1.96. The van der Waals surface area contributed by atoms with E-state index in [2.05, 4.69) is 4.99 Å². The Morgan fingerprint density at radius 1 is 1.14 bits per heavy atom. The summed E-state index contributed by atoms with van der Waals surface area (Å²) in [6, 6.07) is 4.07. The summed E-state index contributed by atoms with van der Waals surface area (Å²) in [5.41, 5.74) is 1.68. The Labute approximate surface area is 177 Å². The largest absolute Gasteiger partial charge is 0.328 e. The maximum atomic E-state index is 13.3. The molecule has 1 aromatic carbocycles. The van der Waals surface area contributed by atoms with Crippen molar-refractivity contribution in [3.63, 3.8) is 0 Å². The molecule has 1 saturated heterocycles. The Kier molecular flexibility index (Phi) is 4.93. The highest BCUT2D eigenvalue weighted by Crippen LogP contribution is 2.34. The highest BCUT2D eigenvalue weighted by atomic mass is 35.5. The molecule has 3 aliphatic rings. The van der Waals surface area contributed by atoms with E-state index in [1.807, 2.05) is 22.9 Å². The number of hydrogen-bond acceptors (Lipinski definition) is 5. The lowest BCUT2D eigenvalue weighted by Crippen LogP contribution is -2.63. The number of carbonyl (C=O) groups excluding carboxylic acids is 2. The molecule has 1 fully saturated rings. The molecule has 0 bridgehead atoms. The minimum atomic E-state index is -0.601. The van der Waals surface area contributed by atoms with Gasteiger partial charge >= 0.3 is 6.03 Å². The van der Waals surface area contributed by atoms with Crippen LogP contribution in [-0.2, 0) is 11.3 Å². The van der Waals surface area contributed by atoms with E-state index in [0.717, 1.165) is 11.3 Å². The number of likely N-dealkylation sites (N-methyl/N-ethyl adjacent to an activating group) is 1. The third-order valence-electron chi connectivity index (χ3n) is 5.14. The van der Waals surface area contributed by atoms with Gasteiger partial charge in [0.1, 0.15) is 0 Å². The SMILES string of the molecule is CC1=CN2C(=NC3C2C(=O)N(Cc2ccc(Cl)c(Cl)c2)C(=O)N3C)N1CCCl. The lowest BCUT2D eigenvalue weighted by atomic mass is 10.1. The number of imide groups is 1. The van der Waals surface area contributed by atoms with Gasteiger partial charge in [-0.05, 0) is 24.6 Å². The number of benzene rings is 1. The Morgan fingerprint density at radius 3 is 2.57 bits per heavy atom. The molecule has 10 heteroatoms. The molecule has 3 heterocycles. The number of fused-ring (bicyclic) bond motifs is 3. The van der Waals surface area contributed by atoms with Gasteiger partial charge in [-0.25, -0.2) is 9.79 Å². The molecule has 2 unspecified atom stereocenters. The number of alkyl halides is 1. The zero-order valence-electron chi connectivity index (χ0n) is 15.3. The van der Waals surface area contributed by atoms with Crippen LogP contribution in [0.4, 0.5) is 4.79 Å². The van der Waals surface area contributed by atoms with Crippen molar-refractivity contribution in [3.05, 3.63) is 45.7 Å². The third-order valence-corrected chi connectivity index (χ3v) is 6.04. The standard InChI is InChI=1S/C18H18Cl3N5O2/c1-10-8-25-14-15(22-17(25)24(10)6-5-19)23(2)18(28)26(16(14)27)9-11-3-4-12(20)13(21)7-11/h3-4,7-8,14-15H,5-6,9H2,1-2H3. The topological polar surface area (TPSA) is 59.5 Å². The molecule has 0 aromatic heterocycles. The summed E-state index contributed by atoms with van der Waals surface area (Å²) in [5.74, 6) is 0.784. The third kappa shape index (κ3) is 2.93. The van der Waals surface area contributed by atoms with E-state index in [1.165, 1.54) is 9.80 Å². The summed E-state index contributed by atoms with van der Waals surface area (Å²) < 4.78 is 0. The molecule has 3 aliphatic heterocycles. The van der Waals surface area contributed by atoms with Crippen LogP contribution in [0.15, 0.2) is 35.1 Å². The molecule has 148 valence electrons. The van der Waals surface area contributed by atoms with E-state index >= 15 is 0 Å². The first-order valence-electron chi connectivity index (χ1n) is 8.73. The lowest BCUT2D eigenvalue weighted by molar-refractivity contribution is -0.137. The molecule has 0 radical (unpaired) electrons. The quantitative estimate of drug-likeness (QED) is 0.672. The molecule has 0 saturated carbocycles. The second-order valence-corrected chi connectivity index (χ2v) is 8.06. The monoisotopic (exact) mass is 441 g/mol. The predicted molar refractivity (Wildman–Crippen MR) is 108 cm³/mol. The minimum Gasteiger partial charge on any atom is -0.314 e. The van der Waals surface area contributed by atoms with E-state index in [-0.39, 0.29) is 12.5 Å². The summed E-state index contributed by atoms with van der Waals surface area (Å²) in [5, 5.41) is 0.799. The molecular weight excluding hydrogens is 425 g/mol. The number of aliphatic imine (C=N–C) groups is 1.